The summed E-state index contributed by atoms with van der Waals surface area (Å²) in [4.78, 5) is -0.215. The van der Waals surface area contributed by atoms with Crippen LogP contribution in [0.2, 0.25) is 10.0 Å². The smallest absolute Gasteiger partial charge is 0.246 e. The average molecular weight is 392 g/mol. The predicted molar refractivity (Wildman–Crippen MR) is 89.1 cm³/mol. The summed E-state index contributed by atoms with van der Waals surface area (Å²) in [6.45, 7) is 3.64. The highest BCUT2D eigenvalue weighted by molar-refractivity contribution is 7.89. The molecule has 0 aliphatic carbocycles. The van der Waals surface area contributed by atoms with Crippen LogP contribution in [0.5, 0.6) is 0 Å². The molecule has 0 bridgehead atoms. The summed E-state index contributed by atoms with van der Waals surface area (Å²) in [6.07, 6.45) is 1.40. The summed E-state index contributed by atoms with van der Waals surface area (Å²) in [5, 5.41) is 2.77. The third kappa shape index (κ3) is 4.04. The van der Waals surface area contributed by atoms with Crippen molar-refractivity contribution in [1.82, 2.24) is 9.62 Å². The van der Waals surface area contributed by atoms with E-state index in [9.17, 15) is 12.8 Å². The number of hydrogen-bond acceptors (Lipinski definition) is 3. The maximum atomic E-state index is 13.3. The summed E-state index contributed by atoms with van der Waals surface area (Å²) in [5.41, 5.74) is 0. The molecule has 1 fully saturated rings. The fraction of sp³-hybridized carbons (Fsp3) is 0.538. The van der Waals surface area contributed by atoms with Crippen molar-refractivity contribution in [3.05, 3.63) is 28.0 Å². The molecule has 1 atom stereocenters. The third-order valence-corrected chi connectivity index (χ3v) is 6.29. The zero-order chi connectivity index (χ0) is 15.6. The molecule has 1 aliphatic rings. The first-order valence-corrected chi connectivity index (χ1v) is 8.94. The molecule has 2 rings (SSSR count). The molecule has 1 aromatic rings. The van der Waals surface area contributed by atoms with E-state index in [1.165, 1.54) is 4.31 Å². The average Bonchev–Trinajstić information content (AvgIpc) is 2.87. The molecule has 1 heterocycles. The van der Waals surface area contributed by atoms with Gasteiger partial charge >= 0.3 is 0 Å². The Bertz CT molecular complexity index is 599. The standard InChI is InChI=1S/C13H17Cl2FN2O2S.ClH/c1-2-5-18(10-3-4-17-8-10)21(19,20)13-11(14)6-9(16)7-12(13)15;/h6-7,10,17H,2-5,8H2,1H3;1H. The molecular weight excluding hydrogens is 374 g/mol. The number of nitrogens with one attached hydrogen (secondary N) is 1. The number of sulfonamides is 1. The lowest BCUT2D eigenvalue weighted by atomic mass is 10.2. The van der Waals surface area contributed by atoms with E-state index < -0.39 is 15.8 Å². The van der Waals surface area contributed by atoms with Gasteiger partial charge in [-0.15, -0.1) is 12.4 Å². The lowest BCUT2D eigenvalue weighted by molar-refractivity contribution is 0.335. The van der Waals surface area contributed by atoms with Crippen LogP contribution in [0.3, 0.4) is 0 Å². The minimum absolute atomic E-state index is 0. The number of hydrogen-bond donors (Lipinski definition) is 1. The fourth-order valence-electron chi connectivity index (χ4n) is 2.50. The molecule has 4 nitrogen and oxygen atoms in total. The molecule has 0 amide bonds. The van der Waals surface area contributed by atoms with Crippen LogP contribution < -0.4 is 5.32 Å². The van der Waals surface area contributed by atoms with E-state index in [1.807, 2.05) is 6.92 Å². The quantitative estimate of drug-likeness (QED) is 0.837. The second-order valence-corrected chi connectivity index (χ2v) is 7.60. The maximum absolute atomic E-state index is 13.3. The molecule has 0 saturated carbocycles. The van der Waals surface area contributed by atoms with Crippen molar-refractivity contribution in [2.24, 2.45) is 0 Å². The normalized spacial score (nSPS) is 18.5. The molecule has 0 spiro atoms. The van der Waals surface area contributed by atoms with Gasteiger partial charge in [-0.05, 0) is 31.5 Å². The Kier molecular flexibility index (Phi) is 7.36. The Balaban J connectivity index is 0.00000242. The van der Waals surface area contributed by atoms with Crippen molar-refractivity contribution in [3.63, 3.8) is 0 Å². The zero-order valence-electron chi connectivity index (χ0n) is 12.0. The van der Waals surface area contributed by atoms with Crippen LogP contribution in [0.4, 0.5) is 4.39 Å². The van der Waals surface area contributed by atoms with Gasteiger partial charge in [0.15, 0.2) is 0 Å². The minimum Gasteiger partial charge on any atom is -0.315 e. The summed E-state index contributed by atoms with van der Waals surface area (Å²) in [5.74, 6) is -0.659. The van der Waals surface area contributed by atoms with Crippen LogP contribution >= 0.6 is 35.6 Å². The van der Waals surface area contributed by atoms with Crippen LogP contribution in [-0.2, 0) is 10.0 Å². The molecule has 1 unspecified atom stereocenters. The first-order chi connectivity index (χ1) is 9.87. The molecule has 1 saturated heterocycles. The van der Waals surface area contributed by atoms with E-state index in [0.717, 1.165) is 25.1 Å². The van der Waals surface area contributed by atoms with Gasteiger partial charge in [0, 0.05) is 19.1 Å². The van der Waals surface area contributed by atoms with Gasteiger partial charge < -0.3 is 5.32 Å². The molecule has 9 heteroatoms. The van der Waals surface area contributed by atoms with Crippen molar-refractivity contribution in [1.29, 1.82) is 0 Å². The topological polar surface area (TPSA) is 49.4 Å². The summed E-state index contributed by atoms with van der Waals surface area (Å²) in [6, 6.07) is 1.81. The summed E-state index contributed by atoms with van der Waals surface area (Å²) in [7, 11) is -3.86. The molecule has 0 radical (unpaired) electrons. The van der Waals surface area contributed by atoms with Gasteiger partial charge in [-0.3, -0.25) is 0 Å². The van der Waals surface area contributed by atoms with Crippen molar-refractivity contribution < 1.29 is 12.8 Å². The van der Waals surface area contributed by atoms with Crippen LogP contribution in [0.25, 0.3) is 0 Å². The number of benzene rings is 1. The van der Waals surface area contributed by atoms with Crippen LogP contribution in [0.1, 0.15) is 19.8 Å². The molecule has 0 aromatic heterocycles. The van der Waals surface area contributed by atoms with Crippen LogP contribution in [0, 0.1) is 5.82 Å². The van der Waals surface area contributed by atoms with Gasteiger partial charge in [0.05, 0.1) is 10.0 Å². The van der Waals surface area contributed by atoms with Gasteiger partial charge in [0.25, 0.3) is 0 Å². The van der Waals surface area contributed by atoms with E-state index >= 15 is 0 Å². The second-order valence-electron chi connectivity index (χ2n) is 4.96. The van der Waals surface area contributed by atoms with E-state index in [1.54, 1.807) is 0 Å². The lowest BCUT2D eigenvalue weighted by Crippen LogP contribution is -2.42. The van der Waals surface area contributed by atoms with Crippen molar-refractivity contribution in [2.75, 3.05) is 19.6 Å². The van der Waals surface area contributed by atoms with E-state index in [0.29, 0.717) is 19.5 Å². The lowest BCUT2D eigenvalue weighted by Gasteiger charge is -2.28. The summed E-state index contributed by atoms with van der Waals surface area (Å²) >= 11 is 11.8. The SMILES string of the molecule is CCCN(C1CCNC1)S(=O)(=O)c1c(Cl)cc(F)cc1Cl.Cl. The van der Waals surface area contributed by atoms with Gasteiger partial charge in [-0.2, -0.15) is 4.31 Å². The summed E-state index contributed by atoms with van der Waals surface area (Å²) < 4.78 is 40.4. The first-order valence-electron chi connectivity index (χ1n) is 6.75. The highest BCUT2D eigenvalue weighted by atomic mass is 35.5. The van der Waals surface area contributed by atoms with E-state index in [-0.39, 0.29) is 33.4 Å². The Morgan fingerprint density at radius 3 is 2.41 bits per heavy atom. The highest BCUT2D eigenvalue weighted by Crippen LogP contribution is 2.34. The minimum atomic E-state index is -3.86. The molecule has 1 aliphatic heterocycles. The Labute approximate surface area is 146 Å². The largest absolute Gasteiger partial charge is 0.315 e. The number of rotatable bonds is 5. The third-order valence-electron chi connectivity index (χ3n) is 3.42. The van der Waals surface area contributed by atoms with Crippen molar-refractivity contribution in [3.8, 4) is 0 Å². The molecule has 1 N–H and O–H groups in total. The molecule has 126 valence electrons. The second kappa shape index (κ2) is 8.13. The van der Waals surface area contributed by atoms with Crippen molar-refractivity contribution in [2.45, 2.75) is 30.7 Å². The number of halogens is 4. The molecular formula is C13H18Cl3FN2O2S. The van der Waals surface area contributed by atoms with Gasteiger partial charge in [-0.25, -0.2) is 12.8 Å². The van der Waals surface area contributed by atoms with Gasteiger partial charge in [0.1, 0.15) is 10.7 Å². The maximum Gasteiger partial charge on any atom is 0.246 e. The monoisotopic (exact) mass is 390 g/mol. The first kappa shape index (κ1) is 19.9. The van der Waals surface area contributed by atoms with Gasteiger partial charge in [0.2, 0.25) is 10.0 Å². The van der Waals surface area contributed by atoms with Crippen LogP contribution in [0.15, 0.2) is 17.0 Å². The molecule has 1 aromatic carbocycles. The fourth-order valence-corrected chi connectivity index (χ4v) is 5.38. The highest BCUT2D eigenvalue weighted by Gasteiger charge is 2.35. The zero-order valence-corrected chi connectivity index (χ0v) is 15.1. The number of nitrogens with zero attached hydrogens (tertiary/aromatic N) is 1. The molecule has 22 heavy (non-hydrogen) atoms. The van der Waals surface area contributed by atoms with E-state index in [2.05, 4.69) is 5.32 Å². The van der Waals surface area contributed by atoms with Gasteiger partial charge in [-0.1, -0.05) is 30.1 Å². The Morgan fingerprint density at radius 1 is 1.36 bits per heavy atom. The van der Waals surface area contributed by atoms with Crippen LogP contribution in [-0.4, -0.2) is 38.4 Å². The van der Waals surface area contributed by atoms with Crippen molar-refractivity contribution >= 4 is 45.6 Å². The van der Waals surface area contributed by atoms with E-state index in [4.69, 9.17) is 23.2 Å². The predicted octanol–water partition coefficient (Wildman–Crippen LogP) is 3.32. The Morgan fingerprint density at radius 2 is 1.95 bits per heavy atom. The Hall–Kier alpha value is -0.110.